The predicted octanol–water partition coefficient (Wildman–Crippen LogP) is 2.69. The Morgan fingerprint density at radius 3 is 2.10 bits per heavy atom. The molecule has 0 fully saturated rings. The van der Waals surface area contributed by atoms with Crippen molar-refractivity contribution in [3.63, 3.8) is 0 Å². The van der Waals surface area contributed by atoms with Gasteiger partial charge in [-0.25, -0.2) is 0 Å². The molecule has 0 heterocycles. The first-order valence-electron chi connectivity index (χ1n) is 3.61. The van der Waals surface area contributed by atoms with E-state index in [9.17, 15) is 0 Å². The Kier molecular flexibility index (Phi) is 4.54. The van der Waals surface area contributed by atoms with E-state index >= 15 is 0 Å². The monoisotopic (exact) mass is 208 g/mol. The van der Waals surface area contributed by atoms with Gasteiger partial charge in [0.15, 0.2) is 0 Å². The van der Waals surface area contributed by atoms with E-state index in [1.54, 1.807) is 7.11 Å². The van der Waals surface area contributed by atoms with E-state index in [4.69, 9.17) is 4.74 Å². The Morgan fingerprint density at radius 2 is 2.00 bits per heavy atom. The van der Waals surface area contributed by atoms with Gasteiger partial charge in [-0.05, 0) is 5.92 Å². The molecule has 0 aliphatic carbocycles. The number of alkyl halides is 1. The van der Waals surface area contributed by atoms with Gasteiger partial charge in [-0.15, -0.1) is 0 Å². The van der Waals surface area contributed by atoms with Gasteiger partial charge in [0.05, 0.1) is 6.61 Å². The average Bonchev–Trinajstić information content (AvgIpc) is 1.88. The lowest BCUT2D eigenvalue weighted by atomic mass is 9.82. The second-order valence-corrected chi connectivity index (χ2v) is 3.94. The zero-order valence-corrected chi connectivity index (χ0v) is 8.86. The first kappa shape index (κ1) is 10.4. The van der Waals surface area contributed by atoms with Crippen molar-refractivity contribution in [1.29, 1.82) is 0 Å². The normalized spacial score (nSPS) is 17.4. The zero-order chi connectivity index (χ0) is 8.20. The fourth-order valence-corrected chi connectivity index (χ4v) is 1.50. The van der Waals surface area contributed by atoms with Gasteiger partial charge in [0.25, 0.3) is 0 Å². The summed E-state index contributed by atoms with van der Waals surface area (Å²) >= 11 is 3.49. The highest BCUT2D eigenvalue weighted by Crippen LogP contribution is 2.28. The molecule has 0 amide bonds. The lowest BCUT2D eigenvalue weighted by Gasteiger charge is -2.30. The third-order valence-electron chi connectivity index (χ3n) is 2.17. The summed E-state index contributed by atoms with van der Waals surface area (Å²) < 4.78 is 5.13. The summed E-state index contributed by atoms with van der Waals surface area (Å²) in [4.78, 5) is 0. The number of halogens is 1. The van der Waals surface area contributed by atoms with Crippen LogP contribution in [0.3, 0.4) is 0 Å². The molecule has 0 rings (SSSR count). The van der Waals surface area contributed by atoms with Crippen molar-refractivity contribution < 1.29 is 4.74 Å². The summed E-state index contributed by atoms with van der Waals surface area (Å²) in [6, 6.07) is 0. The molecule has 62 valence electrons. The molecular weight excluding hydrogens is 192 g/mol. The summed E-state index contributed by atoms with van der Waals surface area (Å²) in [5.41, 5.74) is 0.286. The summed E-state index contributed by atoms with van der Waals surface area (Å²) in [5.74, 6) is 0.659. The molecule has 0 aromatic carbocycles. The fourth-order valence-electron chi connectivity index (χ4n) is 0.689. The van der Waals surface area contributed by atoms with Crippen LogP contribution in [0.2, 0.25) is 0 Å². The Labute approximate surface area is 72.3 Å². The SMILES string of the molecule is COCC(C)(CBr)C(C)C. The standard InChI is InChI=1S/C8H17BrO/c1-7(2)8(3,5-9)6-10-4/h7H,5-6H2,1-4H3. The predicted molar refractivity (Wildman–Crippen MR) is 48.6 cm³/mol. The largest absolute Gasteiger partial charge is 0.384 e. The summed E-state index contributed by atoms with van der Waals surface area (Å²) in [6.45, 7) is 7.51. The van der Waals surface area contributed by atoms with Crippen molar-refractivity contribution >= 4 is 15.9 Å². The molecule has 1 unspecified atom stereocenters. The van der Waals surface area contributed by atoms with Gasteiger partial charge >= 0.3 is 0 Å². The lowest BCUT2D eigenvalue weighted by Crippen LogP contribution is -2.30. The van der Waals surface area contributed by atoms with E-state index in [0.717, 1.165) is 11.9 Å². The summed E-state index contributed by atoms with van der Waals surface area (Å²) in [6.07, 6.45) is 0. The van der Waals surface area contributed by atoms with Crippen LogP contribution in [0.5, 0.6) is 0 Å². The smallest absolute Gasteiger partial charge is 0.0526 e. The van der Waals surface area contributed by atoms with Crippen molar-refractivity contribution in [3.8, 4) is 0 Å². The van der Waals surface area contributed by atoms with Gasteiger partial charge in [-0.1, -0.05) is 36.7 Å². The maximum Gasteiger partial charge on any atom is 0.0526 e. The van der Waals surface area contributed by atoms with Gasteiger partial charge in [0, 0.05) is 17.9 Å². The maximum atomic E-state index is 5.13. The van der Waals surface area contributed by atoms with Gasteiger partial charge in [0.1, 0.15) is 0 Å². The molecular formula is C8H17BrO. The molecule has 1 atom stereocenters. The minimum Gasteiger partial charge on any atom is -0.384 e. The van der Waals surface area contributed by atoms with Crippen molar-refractivity contribution in [2.45, 2.75) is 20.8 Å². The number of hydrogen-bond acceptors (Lipinski definition) is 1. The molecule has 0 aromatic heterocycles. The summed E-state index contributed by atoms with van der Waals surface area (Å²) in [5, 5.41) is 1.01. The Balaban J connectivity index is 3.94. The third-order valence-corrected chi connectivity index (χ3v) is 3.45. The van der Waals surface area contributed by atoms with Gasteiger partial charge in [-0.3, -0.25) is 0 Å². The van der Waals surface area contributed by atoms with Crippen molar-refractivity contribution in [2.24, 2.45) is 11.3 Å². The maximum absolute atomic E-state index is 5.13. The van der Waals surface area contributed by atoms with Crippen LogP contribution in [0.1, 0.15) is 20.8 Å². The van der Waals surface area contributed by atoms with Gasteiger partial charge in [-0.2, -0.15) is 0 Å². The molecule has 0 aromatic rings. The minimum atomic E-state index is 0.286. The van der Waals surface area contributed by atoms with E-state index in [0.29, 0.717) is 5.92 Å². The molecule has 0 aliphatic rings. The molecule has 2 heteroatoms. The van der Waals surface area contributed by atoms with Crippen LogP contribution in [0, 0.1) is 11.3 Å². The molecule has 0 saturated carbocycles. The molecule has 0 N–H and O–H groups in total. The Hall–Kier alpha value is 0.440. The van der Waals surface area contributed by atoms with Crippen LogP contribution >= 0.6 is 15.9 Å². The first-order valence-corrected chi connectivity index (χ1v) is 4.74. The number of rotatable bonds is 4. The number of methoxy groups -OCH3 is 1. The van der Waals surface area contributed by atoms with Gasteiger partial charge < -0.3 is 4.74 Å². The topological polar surface area (TPSA) is 9.23 Å². The molecule has 0 saturated heterocycles. The van der Waals surface area contributed by atoms with Crippen LogP contribution in [0.25, 0.3) is 0 Å². The van der Waals surface area contributed by atoms with Crippen LogP contribution < -0.4 is 0 Å². The molecule has 0 aliphatic heterocycles. The highest BCUT2D eigenvalue weighted by Gasteiger charge is 2.26. The average molecular weight is 209 g/mol. The van der Waals surface area contributed by atoms with Crippen molar-refractivity contribution in [2.75, 3.05) is 19.0 Å². The van der Waals surface area contributed by atoms with E-state index in [2.05, 4.69) is 36.7 Å². The Morgan fingerprint density at radius 1 is 1.50 bits per heavy atom. The van der Waals surface area contributed by atoms with Crippen LogP contribution in [0.4, 0.5) is 0 Å². The highest BCUT2D eigenvalue weighted by molar-refractivity contribution is 9.09. The quantitative estimate of drug-likeness (QED) is 0.647. The lowest BCUT2D eigenvalue weighted by molar-refractivity contribution is 0.0762. The molecule has 0 spiro atoms. The second-order valence-electron chi connectivity index (χ2n) is 3.38. The third kappa shape index (κ3) is 2.59. The van der Waals surface area contributed by atoms with Gasteiger partial charge in [0.2, 0.25) is 0 Å². The number of ether oxygens (including phenoxy) is 1. The fraction of sp³-hybridized carbons (Fsp3) is 1.00. The van der Waals surface area contributed by atoms with E-state index in [-0.39, 0.29) is 5.41 Å². The van der Waals surface area contributed by atoms with E-state index < -0.39 is 0 Å². The first-order chi connectivity index (χ1) is 4.56. The molecule has 1 nitrogen and oxygen atoms in total. The molecule has 0 bridgehead atoms. The van der Waals surface area contributed by atoms with Crippen LogP contribution in [0.15, 0.2) is 0 Å². The molecule has 10 heavy (non-hydrogen) atoms. The minimum absolute atomic E-state index is 0.286. The highest BCUT2D eigenvalue weighted by atomic mass is 79.9. The van der Waals surface area contributed by atoms with Crippen molar-refractivity contribution in [3.05, 3.63) is 0 Å². The van der Waals surface area contributed by atoms with Crippen LogP contribution in [-0.2, 0) is 4.74 Å². The van der Waals surface area contributed by atoms with E-state index in [1.807, 2.05) is 0 Å². The second kappa shape index (κ2) is 4.35. The Bertz CT molecular complexity index is 93.3. The van der Waals surface area contributed by atoms with Crippen molar-refractivity contribution in [1.82, 2.24) is 0 Å². The zero-order valence-electron chi connectivity index (χ0n) is 7.28. The number of hydrogen-bond donors (Lipinski definition) is 0. The molecule has 0 radical (unpaired) electrons. The summed E-state index contributed by atoms with van der Waals surface area (Å²) in [7, 11) is 1.75. The van der Waals surface area contributed by atoms with Crippen LogP contribution in [-0.4, -0.2) is 19.0 Å². The van der Waals surface area contributed by atoms with E-state index in [1.165, 1.54) is 0 Å².